The van der Waals surface area contributed by atoms with Gasteiger partial charge in [0.05, 0.1) is 0 Å². The van der Waals surface area contributed by atoms with Crippen LogP contribution in [0.25, 0.3) is 0 Å². The van der Waals surface area contributed by atoms with Crippen LogP contribution in [0.3, 0.4) is 0 Å². The van der Waals surface area contributed by atoms with Gasteiger partial charge in [0.1, 0.15) is 0 Å². The largest absolute Gasteiger partial charge is 0.149 e. The van der Waals surface area contributed by atoms with Crippen LogP contribution in [0.15, 0.2) is 24.3 Å². The van der Waals surface area contributed by atoms with Gasteiger partial charge < -0.3 is 0 Å². The maximum absolute atomic E-state index is 2.36. The summed E-state index contributed by atoms with van der Waals surface area (Å²) >= 11 is 2.12. The lowest BCUT2D eigenvalue weighted by Gasteiger charge is -2.31. The normalized spacial score (nSPS) is 22.9. The van der Waals surface area contributed by atoms with Gasteiger partial charge in [-0.15, -0.1) is 11.8 Å². The SMILES string of the molecule is CC1(C)Cc2ccccc2CC(C)(C)S1. The minimum Gasteiger partial charge on any atom is -0.149 e. The highest BCUT2D eigenvalue weighted by molar-refractivity contribution is 8.01. The summed E-state index contributed by atoms with van der Waals surface area (Å²) in [5.74, 6) is 0. The molecule has 0 radical (unpaired) electrons. The van der Waals surface area contributed by atoms with Gasteiger partial charge in [-0.1, -0.05) is 52.0 Å². The second-order valence-electron chi connectivity index (χ2n) is 5.74. The zero-order valence-corrected chi connectivity index (χ0v) is 10.9. The van der Waals surface area contributed by atoms with Gasteiger partial charge >= 0.3 is 0 Å². The molecule has 2 rings (SSSR count). The lowest BCUT2D eigenvalue weighted by atomic mass is 9.93. The quantitative estimate of drug-likeness (QED) is 0.635. The zero-order valence-electron chi connectivity index (χ0n) is 10.1. The van der Waals surface area contributed by atoms with E-state index in [2.05, 4.69) is 63.7 Å². The monoisotopic (exact) mass is 220 g/mol. The van der Waals surface area contributed by atoms with E-state index in [-0.39, 0.29) is 0 Å². The Kier molecular flexibility index (Phi) is 2.62. The molecule has 0 aromatic heterocycles. The molecule has 15 heavy (non-hydrogen) atoms. The van der Waals surface area contributed by atoms with Crippen LogP contribution < -0.4 is 0 Å². The molecule has 0 saturated heterocycles. The molecule has 0 atom stereocenters. The van der Waals surface area contributed by atoms with Crippen molar-refractivity contribution in [3.8, 4) is 0 Å². The first-order valence-electron chi connectivity index (χ1n) is 5.65. The summed E-state index contributed by atoms with van der Waals surface area (Å²) < 4.78 is 0.714. The van der Waals surface area contributed by atoms with Crippen LogP contribution in [0.2, 0.25) is 0 Å². The van der Waals surface area contributed by atoms with E-state index in [4.69, 9.17) is 0 Å². The molecule has 0 bridgehead atoms. The Labute approximate surface area is 97.5 Å². The molecule has 1 aromatic rings. The van der Waals surface area contributed by atoms with Gasteiger partial charge in [-0.05, 0) is 24.0 Å². The van der Waals surface area contributed by atoms with Crippen LogP contribution in [0.4, 0.5) is 0 Å². The molecule has 0 nitrogen and oxygen atoms in total. The molecule has 1 heterocycles. The maximum atomic E-state index is 2.36. The van der Waals surface area contributed by atoms with Crippen LogP contribution in [0.5, 0.6) is 0 Å². The number of benzene rings is 1. The van der Waals surface area contributed by atoms with Gasteiger partial charge in [0, 0.05) is 9.49 Å². The molecular weight excluding hydrogens is 200 g/mol. The van der Waals surface area contributed by atoms with Crippen molar-refractivity contribution in [3.63, 3.8) is 0 Å². The fourth-order valence-electron chi connectivity index (χ4n) is 2.64. The zero-order chi connectivity index (χ0) is 11.1. The Morgan fingerprint density at radius 1 is 0.867 bits per heavy atom. The van der Waals surface area contributed by atoms with E-state index >= 15 is 0 Å². The van der Waals surface area contributed by atoms with Crippen molar-refractivity contribution < 1.29 is 0 Å². The summed E-state index contributed by atoms with van der Waals surface area (Å²) in [6.07, 6.45) is 2.38. The first kappa shape index (κ1) is 11.1. The third kappa shape index (κ3) is 2.57. The van der Waals surface area contributed by atoms with Crippen molar-refractivity contribution in [1.29, 1.82) is 0 Å². The lowest BCUT2D eigenvalue weighted by Crippen LogP contribution is -2.26. The molecule has 0 N–H and O–H groups in total. The van der Waals surface area contributed by atoms with Crippen LogP contribution in [0.1, 0.15) is 38.8 Å². The molecule has 82 valence electrons. The predicted molar refractivity (Wildman–Crippen MR) is 69.6 cm³/mol. The lowest BCUT2D eigenvalue weighted by molar-refractivity contribution is 0.683. The summed E-state index contributed by atoms with van der Waals surface area (Å²) in [6.45, 7) is 9.45. The third-order valence-electron chi connectivity index (χ3n) is 2.90. The standard InChI is InChI=1S/C14H20S/c1-13(2)9-11-7-5-6-8-12(11)10-14(3,4)15-13/h5-8H,9-10H2,1-4H3. The summed E-state index contributed by atoms with van der Waals surface area (Å²) in [5.41, 5.74) is 3.08. The Morgan fingerprint density at radius 3 is 1.67 bits per heavy atom. The van der Waals surface area contributed by atoms with Crippen molar-refractivity contribution in [2.24, 2.45) is 0 Å². The van der Waals surface area contributed by atoms with E-state index in [0.717, 1.165) is 0 Å². The van der Waals surface area contributed by atoms with Gasteiger partial charge in [-0.2, -0.15) is 0 Å². The van der Waals surface area contributed by atoms with Crippen LogP contribution in [0, 0.1) is 0 Å². The highest BCUT2D eigenvalue weighted by atomic mass is 32.2. The van der Waals surface area contributed by atoms with Crippen LogP contribution in [-0.2, 0) is 12.8 Å². The Morgan fingerprint density at radius 2 is 1.27 bits per heavy atom. The molecule has 0 saturated carbocycles. The van der Waals surface area contributed by atoms with Gasteiger partial charge in [0.2, 0.25) is 0 Å². The average Bonchev–Trinajstić information content (AvgIpc) is 2.13. The average molecular weight is 220 g/mol. The topological polar surface area (TPSA) is 0 Å². The van der Waals surface area contributed by atoms with Gasteiger partial charge in [-0.3, -0.25) is 0 Å². The van der Waals surface area contributed by atoms with E-state index in [1.54, 1.807) is 11.1 Å². The Bertz CT molecular complexity index is 328. The molecular formula is C14H20S. The van der Waals surface area contributed by atoms with Gasteiger partial charge in [0.25, 0.3) is 0 Å². The summed E-state index contributed by atoms with van der Waals surface area (Å²) in [4.78, 5) is 0. The third-order valence-corrected chi connectivity index (χ3v) is 4.30. The fraction of sp³-hybridized carbons (Fsp3) is 0.571. The van der Waals surface area contributed by atoms with Crippen LogP contribution >= 0.6 is 11.8 Å². The second kappa shape index (κ2) is 3.55. The first-order chi connectivity index (χ1) is 6.88. The van der Waals surface area contributed by atoms with E-state index in [1.165, 1.54) is 12.8 Å². The molecule has 1 aromatic carbocycles. The molecule has 0 unspecified atom stereocenters. The molecule has 1 aliphatic heterocycles. The molecule has 1 aliphatic rings. The van der Waals surface area contributed by atoms with Gasteiger partial charge in [0.15, 0.2) is 0 Å². The number of fused-ring (bicyclic) bond motifs is 1. The molecule has 0 spiro atoms. The molecule has 0 amide bonds. The minimum absolute atomic E-state index is 0.357. The number of thioether (sulfide) groups is 1. The van der Waals surface area contributed by atoms with Gasteiger partial charge in [-0.25, -0.2) is 0 Å². The molecule has 1 heteroatoms. The van der Waals surface area contributed by atoms with Crippen molar-refractivity contribution in [2.75, 3.05) is 0 Å². The maximum Gasteiger partial charge on any atom is 0.0149 e. The van der Waals surface area contributed by atoms with Crippen molar-refractivity contribution >= 4 is 11.8 Å². The highest BCUT2D eigenvalue weighted by Crippen LogP contribution is 2.44. The van der Waals surface area contributed by atoms with Crippen molar-refractivity contribution in [3.05, 3.63) is 35.4 Å². The van der Waals surface area contributed by atoms with Crippen molar-refractivity contribution in [2.45, 2.75) is 50.0 Å². The second-order valence-corrected chi connectivity index (χ2v) is 8.16. The van der Waals surface area contributed by atoms with E-state index in [1.807, 2.05) is 0 Å². The summed E-state index contributed by atoms with van der Waals surface area (Å²) in [7, 11) is 0. The smallest absolute Gasteiger partial charge is 0.0149 e. The first-order valence-corrected chi connectivity index (χ1v) is 6.47. The predicted octanol–water partition coefficient (Wildman–Crippen LogP) is 4.08. The van der Waals surface area contributed by atoms with E-state index in [9.17, 15) is 0 Å². The summed E-state index contributed by atoms with van der Waals surface area (Å²) in [6, 6.07) is 8.91. The van der Waals surface area contributed by atoms with Crippen LogP contribution in [-0.4, -0.2) is 9.49 Å². The number of rotatable bonds is 0. The molecule has 0 aliphatic carbocycles. The Balaban J connectivity index is 2.44. The van der Waals surface area contributed by atoms with Crippen molar-refractivity contribution in [1.82, 2.24) is 0 Å². The number of hydrogen-bond acceptors (Lipinski definition) is 1. The fourth-order valence-corrected chi connectivity index (χ4v) is 4.59. The highest BCUT2D eigenvalue weighted by Gasteiger charge is 2.33. The minimum atomic E-state index is 0.357. The molecule has 0 fully saturated rings. The number of hydrogen-bond donors (Lipinski definition) is 0. The van der Waals surface area contributed by atoms with E-state index in [0.29, 0.717) is 9.49 Å². The summed E-state index contributed by atoms with van der Waals surface area (Å²) in [5, 5.41) is 0. The Hall–Kier alpha value is -0.430. The van der Waals surface area contributed by atoms with E-state index < -0.39 is 0 Å².